The van der Waals surface area contributed by atoms with E-state index >= 15 is 0 Å². The van der Waals surface area contributed by atoms with E-state index in [1.165, 1.54) is 23.9 Å². The highest BCUT2D eigenvalue weighted by atomic mass is 32.2. The molecular weight excluding hydrogens is 367 g/mol. The minimum atomic E-state index is -0.280. The lowest BCUT2D eigenvalue weighted by atomic mass is 10.1. The molecule has 0 atom stereocenters. The number of hydrogen-bond acceptors (Lipinski definition) is 6. The normalized spacial score (nSPS) is 11.3. The predicted molar refractivity (Wildman–Crippen MR) is 99.6 cm³/mol. The minimum absolute atomic E-state index is 0.280. The van der Waals surface area contributed by atoms with Crippen molar-refractivity contribution in [2.24, 2.45) is 7.05 Å². The highest BCUT2D eigenvalue weighted by molar-refractivity contribution is 7.98. The average Bonchev–Trinajstić information content (AvgIpc) is 3.34. The standard InChI is InChI=1S/C19H17FN4O2S/c1-11-16(23-26-17(11)13-4-6-14(20)7-5-13)10-27-19-22-21-18(24(19)3)15-8-9-25-12(15)2/h4-9H,10H2,1-3H3. The van der Waals surface area contributed by atoms with E-state index in [4.69, 9.17) is 8.94 Å². The largest absolute Gasteiger partial charge is 0.469 e. The van der Waals surface area contributed by atoms with Gasteiger partial charge in [0.25, 0.3) is 0 Å². The van der Waals surface area contributed by atoms with Gasteiger partial charge in [0.05, 0.1) is 17.5 Å². The smallest absolute Gasteiger partial charge is 0.191 e. The summed E-state index contributed by atoms with van der Waals surface area (Å²) in [6.07, 6.45) is 1.64. The summed E-state index contributed by atoms with van der Waals surface area (Å²) in [6.45, 7) is 3.84. The topological polar surface area (TPSA) is 69.9 Å². The molecule has 4 rings (SSSR count). The Labute approximate surface area is 159 Å². The number of aromatic nitrogens is 4. The van der Waals surface area contributed by atoms with Gasteiger partial charge >= 0.3 is 0 Å². The van der Waals surface area contributed by atoms with Gasteiger partial charge in [-0.05, 0) is 44.2 Å². The summed E-state index contributed by atoms with van der Waals surface area (Å²) in [5.74, 6) is 2.52. The first-order chi connectivity index (χ1) is 13.0. The maximum atomic E-state index is 13.1. The molecule has 0 saturated carbocycles. The quantitative estimate of drug-likeness (QED) is 0.461. The zero-order valence-electron chi connectivity index (χ0n) is 15.1. The number of thioether (sulfide) groups is 1. The van der Waals surface area contributed by atoms with E-state index in [1.807, 2.05) is 31.5 Å². The molecule has 0 aliphatic rings. The van der Waals surface area contributed by atoms with Gasteiger partial charge in [-0.15, -0.1) is 10.2 Å². The number of hydrogen-bond donors (Lipinski definition) is 0. The molecule has 138 valence electrons. The number of furan rings is 1. The number of aryl methyl sites for hydroxylation is 1. The molecule has 8 heteroatoms. The van der Waals surface area contributed by atoms with Crippen molar-refractivity contribution in [1.82, 2.24) is 19.9 Å². The van der Waals surface area contributed by atoms with E-state index in [2.05, 4.69) is 15.4 Å². The SMILES string of the molecule is Cc1occc1-c1nnc(SCc2noc(-c3ccc(F)cc3)c2C)n1C. The molecule has 0 saturated heterocycles. The third-order valence-electron chi connectivity index (χ3n) is 4.40. The van der Waals surface area contributed by atoms with E-state index in [-0.39, 0.29) is 5.82 Å². The molecule has 3 heterocycles. The van der Waals surface area contributed by atoms with Crippen molar-refractivity contribution in [3.8, 4) is 22.7 Å². The van der Waals surface area contributed by atoms with Gasteiger partial charge in [-0.25, -0.2) is 4.39 Å². The van der Waals surface area contributed by atoms with Crippen molar-refractivity contribution < 1.29 is 13.3 Å². The molecule has 3 aromatic heterocycles. The highest BCUT2D eigenvalue weighted by Crippen LogP contribution is 2.31. The first-order valence-corrected chi connectivity index (χ1v) is 9.31. The van der Waals surface area contributed by atoms with Crippen LogP contribution in [0.25, 0.3) is 22.7 Å². The highest BCUT2D eigenvalue weighted by Gasteiger charge is 2.18. The van der Waals surface area contributed by atoms with Gasteiger partial charge in [-0.3, -0.25) is 0 Å². The summed E-state index contributed by atoms with van der Waals surface area (Å²) in [5, 5.41) is 13.5. The number of benzene rings is 1. The predicted octanol–water partition coefficient (Wildman–Crippen LogP) is 4.78. The van der Waals surface area contributed by atoms with Gasteiger partial charge in [-0.1, -0.05) is 16.9 Å². The molecular formula is C19H17FN4O2S. The van der Waals surface area contributed by atoms with Crippen LogP contribution in [-0.2, 0) is 12.8 Å². The Bertz CT molecular complexity index is 1080. The monoisotopic (exact) mass is 384 g/mol. The fraction of sp³-hybridized carbons (Fsp3) is 0.211. The number of nitrogens with zero attached hydrogens (tertiary/aromatic N) is 4. The minimum Gasteiger partial charge on any atom is -0.469 e. The third kappa shape index (κ3) is 3.28. The van der Waals surface area contributed by atoms with Crippen LogP contribution in [0.4, 0.5) is 4.39 Å². The van der Waals surface area contributed by atoms with Gasteiger partial charge in [0.15, 0.2) is 16.7 Å². The maximum Gasteiger partial charge on any atom is 0.191 e. The zero-order valence-corrected chi connectivity index (χ0v) is 15.9. The first-order valence-electron chi connectivity index (χ1n) is 8.32. The summed E-state index contributed by atoms with van der Waals surface area (Å²) < 4.78 is 25.9. The fourth-order valence-corrected chi connectivity index (χ4v) is 3.71. The van der Waals surface area contributed by atoms with Gasteiger partial charge < -0.3 is 13.5 Å². The number of halogens is 1. The van der Waals surface area contributed by atoms with Crippen molar-refractivity contribution >= 4 is 11.8 Å². The third-order valence-corrected chi connectivity index (χ3v) is 5.43. The molecule has 6 nitrogen and oxygen atoms in total. The van der Waals surface area contributed by atoms with Crippen LogP contribution in [0, 0.1) is 19.7 Å². The van der Waals surface area contributed by atoms with Crippen LogP contribution in [0.5, 0.6) is 0 Å². The van der Waals surface area contributed by atoms with Crippen molar-refractivity contribution in [3.63, 3.8) is 0 Å². The Morgan fingerprint density at radius 2 is 1.89 bits per heavy atom. The lowest BCUT2D eigenvalue weighted by Gasteiger charge is -2.02. The molecule has 0 amide bonds. The molecule has 0 spiro atoms. The van der Waals surface area contributed by atoms with Crippen LogP contribution >= 0.6 is 11.8 Å². The Kier molecular flexibility index (Phi) is 4.57. The van der Waals surface area contributed by atoms with Gasteiger partial charge in [0, 0.05) is 23.9 Å². The van der Waals surface area contributed by atoms with Crippen molar-refractivity contribution in [1.29, 1.82) is 0 Å². The molecule has 4 aromatic rings. The second kappa shape index (κ2) is 7.03. The Morgan fingerprint density at radius 3 is 2.59 bits per heavy atom. The first kappa shape index (κ1) is 17.5. The zero-order chi connectivity index (χ0) is 19.0. The fourth-order valence-electron chi connectivity index (χ4n) is 2.80. The van der Waals surface area contributed by atoms with Gasteiger partial charge in [0.2, 0.25) is 0 Å². The van der Waals surface area contributed by atoms with E-state index in [0.29, 0.717) is 11.5 Å². The molecule has 0 radical (unpaired) electrons. The summed E-state index contributed by atoms with van der Waals surface area (Å²) in [4.78, 5) is 0. The van der Waals surface area contributed by atoms with Crippen LogP contribution < -0.4 is 0 Å². The Balaban J connectivity index is 1.52. The number of rotatable bonds is 5. The molecule has 0 unspecified atom stereocenters. The van der Waals surface area contributed by atoms with Crippen LogP contribution in [0.2, 0.25) is 0 Å². The van der Waals surface area contributed by atoms with Crippen molar-refractivity contribution in [2.75, 3.05) is 0 Å². The van der Waals surface area contributed by atoms with E-state index in [0.717, 1.165) is 39.1 Å². The lowest BCUT2D eigenvalue weighted by Crippen LogP contribution is -1.95. The maximum absolute atomic E-state index is 13.1. The Morgan fingerprint density at radius 1 is 1.11 bits per heavy atom. The molecule has 0 aliphatic heterocycles. The van der Waals surface area contributed by atoms with E-state index in [9.17, 15) is 4.39 Å². The summed E-state index contributed by atoms with van der Waals surface area (Å²) >= 11 is 1.53. The van der Waals surface area contributed by atoms with Crippen LogP contribution in [0.15, 0.2) is 50.7 Å². The molecule has 0 aliphatic carbocycles. The van der Waals surface area contributed by atoms with Crippen molar-refractivity contribution in [3.05, 3.63) is 59.4 Å². The van der Waals surface area contributed by atoms with Crippen LogP contribution in [-0.4, -0.2) is 19.9 Å². The van der Waals surface area contributed by atoms with Crippen molar-refractivity contribution in [2.45, 2.75) is 24.8 Å². The lowest BCUT2D eigenvalue weighted by molar-refractivity contribution is 0.426. The summed E-state index contributed by atoms with van der Waals surface area (Å²) in [5.41, 5.74) is 3.48. The van der Waals surface area contributed by atoms with Gasteiger partial charge in [0.1, 0.15) is 11.6 Å². The Hall–Kier alpha value is -2.87. The molecule has 0 N–H and O–H groups in total. The van der Waals surface area contributed by atoms with Crippen LogP contribution in [0.3, 0.4) is 0 Å². The molecule has 0 bridgehead atoms. The summed E-state index contributed by atoms with van der Waals surface area (Å²) in [7, 11) is 1.92. The summed E-state index contributed by atoms with van der Waals surface area (Å²) in [6, 6.07) is 8.06. The average molecular weight is 384 g/mol. The van der Waals surface area contributed by atoms with E-state index in [1.54, 1.807) is 18.4 Å². The molecule has 27 heavy (non-hydrogen) atoms. The van der Waals surface area contributed by atoms with Gasteiger partial charge in [-0.2, -0.15) is 0 Å². The second-order valence-corrected chi connectivity index (χ2v) is 7.08. The second-order valence-electron chi connectivity index (χ2n) is 6.13. The van der Waals surface area contributed by atoms with Crippen LogP contribution in [0.1, 0.15) is 17.0 Å². The molecule has 1 aromatic carbocycles. The van der Waals surface area contributed by atoms with E-state index < -0.39 is 0 Å². The molecule has 0 fully saturated rings.